The van der Waals surface area contributed by atoms with Crippen molar-refractivity contribution in [2.75, 3.05) is 6.54 Å². The predicted octanol–water partition coefficient (Wildman–Crippen LogP) is 6.41. The monoisotopic (exact) mass is 377 g/mol. The minimum atomic E-state index is -2.25. The summed E-state index contributed by atoms with van der Waals surface area (Å²) in [5, 5.41) is 3.14. The lowest BCUT2D eigenvalue weighted by atomic mass is 10.0. The number of hydrogen-bond donors (Lipinski definition) is 3. The van der Waals surface area contributed by atoms with Gasteiger partial charge in [0, 0.05) is 0 Å². The van der Waals surface area contributed by atoms with Crippen molar-refractivity contribution in [3.8, 4) is 0 Å². The van der Waals surface area contributed by atoms with Gasteiger partial charge in [-0.25, -0.2) is 0 Å². The first-order chi connectivity index (χ1) is 12.2. The molecule has 0 aliphatic heterocycles. The second-order valence-electron chi connectivity index (χ2n) is 7.26. The molecule has 0 aliphatic rings. The summed E-state index contributed by atoms with van der Waals surface area (Å²) in [6, 6.07) is 0. The second kappa shape index (κ2) is 20.6. The SMILES string of the molecule is CCCCCCCCCCCCCCCCCCNC(C)OP(O)O. The largest absolute Gasteiger partial charge is 0.328 e. The van der Waals surface area contributed by atoms with Crippen LogP contribution in [0.2, 0.25) is 0 Å². The standard InChI is InChI=1S/C20H44NO3P/c1-3-4-5-6-7-8-9-10-11-12-13-14-15-16-17-18-19-21-20(2)24-25(22)23/h20-23H,3-19H2,1-2H3. The molecule has 0 aromatic rings. The fourth-order valence-electron chi connectivity index (χ4n) is 3.16. The Bertz CT molecular complexity index is 255. The first-order valence-electron chi connectivity index (χ1n) is 10.7. The van der Waals surface area contributed by atoms with Crippen LogP contribution in [0.4, 0.5) is 0 Å². The molecule has 0 aromatic heterocycles. The van der Waals surface area contributed by atoms with Crippen molar-refractivity contribution in [1.29, 1.82) is 0 Å². The Labute approximate surface area is 158 Å². The molecule has 0 spiro atoms. The van der Waals surface area contributed by atoms with Gasteiger partial charge in [-0.2, -0.15) is 0 Å². The first kappa shape index (κ1) is 25.3. The van der Waals surface area contributed by atoms with Crippen molar-refractivity contribution in [2.45, 2.75) is 123 Å². The third kappa shape index (κ3) is 22.2. The lowest BCUT2D eigenvalue weighted by Crippen LogP contribution is -2.28. The zero-order valence-electron chi connectivity index (χ0n) is 16.8. The van der Waals surface area contributed by atoms with Gasteiger partial charge < -0.3 is 9.79 Å². The van der Waals surface area contributed by atoms with E-state index in [2.05, 4.69) is 12.2 Å². The van der Waals surface area contributed by atoms with E-state index in [9.17, 15) is 0 Å². The van der Waals surface area contributed by atoms with Crippen molar-refractivity contribution in [3.63, 3.8) is 0 Å². The lowest BCUT2D eigenvalue weighted by Gasteiger charge is -2.14. The summed E-state index contributed by atoms with van der Waals surface area (Å²) in [6.45, 7) is 4.96. The average Bonchev–Trinajstić information content (AvgIpc) is 2.57. The molecule has 1 unspecified atom stereocenters. The highest BCUT2D eigenvalue weighted by atomic mass is 31.2. The fourth-order valence-corrected chi connectivity index (χ4v) is 3.51. The van der Waals surface area contributed by atoms with Crippen LogP contribution in [0.1, 0.15) is 117 Å². The van der Waals surface area contributed by atoms with E-state index < -0.39 is 8.60 Å². The molecule has 0 fully saturated rings. The molecular formula is C20H44NO3P. The maximum Gasteiger partial charge on any atom is 0.328 e. The summed E-state index contributed by atoms with van der Waals surface area (Å²) < 4.78 is 4.84. The summed E-state index contributed by atoms with van der Waals surface area (Å²) in [7, 11) is -2.25. The topological polar surface area (TPSA) is 61.7 Å². The smallest absolute Gasteiger partial charge is 0.328 e. The van der Waals surface area contributed by atoms with Gasteiger partial charge in [-0.15, -0.1) is 0 Å². The number of nitrogens with one attached hydrogen (secondary N) is 1. The molecule has 0 aliphatic carbocycles. The van der Waals surface area contributed by atoms with Crippen LogP contribution < -0.4 is 5.32 Å². The summed E-state index contributed by atoms with van der Waals surface area (Å²) in [5.74, 6) is 0. The highest BCUT2D eigenvalue weighted by Crippen LogP contribution is 2.25. The van der Waals surface area contributed by atoms with E-state index in [1.54, 1.807) is 6.92 Å². The molecule has 0 heterocycles. The van der Waals surface area contributed by atoms with Crippen LogP contribution in [0.15, 0.2) is 0 Å². The highest BCUT2D eigenvalue weighted by molar-refractivity contribution is 7.39. The second-order valence-corrected chi connectivity index (χ2v) is 7.97. The molecule has 4 nitrogen and oxygen atoms in total. The van der Waals surface area contributed by atoms with Crippen molar-refractivity contribution >= 4 is 8.60 Å². The molecular weight excluding hydrogens is 333 g/mol. The van der Waals surface area contributed by atoms with Crippen LogP contribution >= 0.6 is 8.60 Å². The molecule has 0 rings (SSSR count). The highest BCUT2D eigenvalue weighted by Gasteiger charge is 2.06. The summed E-state index contributed by atoms with van der Waals surface area (Å²) in [6.07, 6.45) is 21.8. The number of unbranched alkanes of at least 4 members (excludes halogenated alkanes) is 15. The molecule has 0 saturated heterocycles. The van der Waals surface area contributed by atoms with Crippen LogP contribution in [0.25, 0.3) is 0 Å². The molecule has 1 atom stereocenters. The fraction of sp³-hybridized carbons (Fsp3) is 1.00. The molecule has 0 aromatic carbocycles. The van der Waals surface area contributed by atoms with E-state index in [1.165, 1.54) is 96.3 Å². The number of rotatable bonds is 20. The minimum absolute atomic E-state index is 0.280. The van der Waals surface area contributed by atoms with Crippen LogP contribution in [0, 0.1) is 0 Å². The Balaban J connectivity index is 3.05. The summed E-state index contributed by atoms with van der Waals surface area (Å²) in [5.41, 5.74) is 0. The summed E-state index contributed by atoms with van der Waals surface area (Å²) >= 11 is 0. The third-order valence-electron chi connectivity index (χ3n) is 4.71. The van der Waals surface area contributed by atoms with Gasteiger partial charge in [0.2, 0.25) is 0 Å². The van der Waals surface area contributed by atoms with E-state index in [0.29, 0.717) is 0 Å². The maximum atomic E-state index is 8.72. The van der Waals surface area contributed by atoms with Gasteiger partial charge in [0.1, 0.15) is 6.23 Å². The van der Waals surface area contributed by atoms with Gasteiger partial charge in [0.15, 0.2) is 0 Å². The third-order valence-corrected chi connectivity index (χ3v) is 5.22. The normalized spacial score (nSPS) is 12.8. The lowest BCUT2D eigenvalue weighted by molar-refractivity contribution is 0.155. The van der Waals surface area contributed by atoms with Crippen LogP contribution in [0.5, 0.6) is 0 Å². The molecule has 0 bridgehead atoms. The van der Waals surface area contributed by atoms with Gasteiger partial charge >= 0.3 is 8.60 Å². The molecule has 0 amide bonds. The van der Waals surface area contributed by atoms with Crippen molar-refractivity contribution < 1.29 is 14.3 Å². The van der Waals surface area contributed by atoms with Crippen molar-refractivity contribution in [2.24, 2.45) is 0 Å². The quantitative estimate of drug-likeness (QED) is 0.130. The minimum Gasteiger partial charge on any atom is -0.328 e. The van der Waals surface area contributed by atoms with Gasteiger partial charge in [-0.05, 0) is 19.9 Å². The van der Waals surface area contributed by atoms with Gasteiger partial charge in [-0.1, -0.05) is 103 Å². The van der Waals surface area contributed by atoms with E-state index in [1.807, 2.05) is 0 Å². The Kier molecular flexibility index (Phi) is 20.8. The molecule has 152 valence electrons. The van der Waals surface area contributed by atoms with E-state index >= 15 is 0 Å². The first-order valence-corrected chi connectivity index (χ1v) is 11.9. The van der Waals surface area contributed by atoms with Crippen molar-refractivity contribution in [1.82, 2.24) is 5.32 Å². The van der Waals surface area contributed by atoms with E-state index in [4.69, 9.17) is 14.3 Å². The molecule has 3 N–H and O–H groups in total. The van der Waals surface area contributed by atoms with Crippen LogP contribution in [0.3, 0.4) is 0 Å². The Morgan fingerprint density at radius 1 is 0.680 bits per heavy atom. The van der Waals surface area contributed by atoms with Crippen molar-refractivity contribution in [3.05, 3.63) is 0 Å². The van der Waals surface area contributed by atoms with Gasteiger partial charge in [0.25, 0.3) is 0 Å². The van der Waals surface area contributed by atoms with Crippen LogP contribution in [-0.2, 0) is 4.52 Å². The van der Waals surface area contributed by atoms with Crippen LogP contribution in [-0.4, -0.2) is 22.6 Å². The molecule has 0 saturated carbocycles. The maximum absolute atomic E-state index is 8.72. The molecule has 0 radical (unpaired) electrons. The Morgan fingerprint density at radius 2 is 1.04 bits per heavy atom. The Hall–Kier alpha value is 0.270. The molecule has 25 heavy (non-hydrogen) atoms. The van der Waals surface area contributed by atoms with Gasteiger partial charge in [0.05, 0.1) is 0 Å². The number of hydrogen-bond acceptors (Lipinski definition) is 4. The summed E-state index contributed by atoms with van der Waals surface area (Å²) in [4.78, 5) is 17.4. The van der Waals surface area contributed by atoms with Gasteiger partial charge in [-0.3, -0.25) is 9.84 Å². The molecule has 5 heteroatoms. The average molecular weight is 378 g/mol. The zero-order chi connectivity index (χ0) is 18.6. The van der Waals surface area contributed by atoms with E-state index in [-0.39, 0.29) is 6.23 Å². The Morgan fingerprint density at radius 3 is 1.40 bits per heavy atom. The predicted molar refractivity (Wildman–Crippen MR) is 109 cm³/mol. The zero-order valence-corrected chi connectivity index (χ0v) is 17.7. The van der Waals surface area contributed by atoms with E-state index in [0.717, 1.165) is 13.0 Å².